The molecule has 0 saturated heterocycles. The Labute approximate surface area is 122 Å². The van der Waals surface area contributed by atoms with E-state index in [4.69, 9.17) is 11.6 Å². The van der Waals surface area contributed by atoms with Crippen molar-refractivity contribution >= 4 is 39.0 Å². The standard InChI is InChI=1S/C12H9BrClN3O2/c13-10-4-2-1-3-8(10)6-15-12-11(17(18)19)5-9(14)7-16-12/h1-5,7H,6H2,(H,15,16). The van der Waals surface area contributed by atoms with Crippen LogP contribution in [0.3, 0.4) is 0 Å². The van der Waals surface area contributed by atoms with E-state index in [2.05, 4.69) is 26.2 Å². The second-order valence-electron chi connectivity index (χ2n) is 3.72. The van der Waals surface area contributed by atoms with Crippen LogP contribution in [0.4, 0.5) is 11.5 Å². The van der Waals surface area contributed by atoms with Crippen LogP contribution < -0.4 is 5.32 Å². The number of aromatic nitrogens is 1. The van der Waals surface area contributed by atoms with Crippen molar-refractivity contribution < 1.29 is 4.92 Å². The lowest BCUT2D eigenvalue weighted by Gasteiger charge is -2.07. The Morgan fingerprint density at radius 1 is 1.42 bits per heavy atom. The Bertz CT molecular complexity index is 622. The molecule has 98 valence electrons. The van der Waals surface area contributed by atoms with Gasteiger partial charge in [0.1, 0.15) is 0 Å². The van der Waals surface area contributed by atoms with Gasteiger partial charge in [0.15, 0.2) is 0 Å². The Kier molecular flexibility index (Phi) is 4.34. The minimum absolute atomic E-state index is 0.139. The summed E-state index contributed by atoms with van der Waals surface area (Å²) in [7, 11) is 0. The summed E-state index contributed by atoms with van der Waals surface area (Å²) in [6.45, 7) is 0.427. The second-order valence-corrected chi connectivity index (χ2v) is 5.01. The Morgan fingerprint density at radius 2 is 2.16 bits per heavy atom. The summed E-state index contributed by atoms with van der Waals surface area (Å²) in [6.07, 6.45) is 1.37. The summed E-state index contributed by atoms with van der Waals surface area (Å²) < 4.78 is 0.930. The third kappa shape index (κ3) is 3.42. The fraction of sp³-hybridized carbons (Fsp3) is 0.0833. The number of halogens is 2. The molecule has 1 N–H and O–H groups in total. The van der Waals surface area contributed by atoms with Crippen LogP contribution in [0.15, 0.2) is 41.0 Å². The molecule has 0 unspecified atom stereocenters. The highest BCUT2D eigenvalue weighted by Gasteiger charge is 2.15. The fourth-order valence-electron chi connectivity index (χ4n) is 1.52. The summed E-state index contributed by atoms with van der Waals surface area (Å²) in [4.78, 5) is 14.3. The molecule has 1 aromatic carbocycles. The summed E-state index contributed by atoms with van der Waals surface area (Å²) in [6, 6.07) is 8.89. The van der Waals surface area contributed by atoms with Gasteiger partial charge < -0.3 is 5.32 Å². The van der Waals surface area contributed by atoms with Crippen molar-refractivity contribution in [3.63, 3.8) is 0 Å². The van der Waals surface area contributed by atoms with Crippen LogP contribution in [0.1, 0.15) is 5.56 Å². The molecule has 1 aromatic heterocycles. The molecule has 0 spiro atoms. The molecule has 2 aromatic rings. The highest BCUT2D eigenvalue weighted by molar-refractivity contribution is 9.10. The van der Waals surface area contributed by atoms with Gasteiger partial charge in [-0.3, -0.25) is 10.1 Å². The Morgan fingerprint density at radius 3 is 2.84 bits per heavy atom. The van der Waals surface area contributed by atoms with E-state index in [1.165, 1.54) is 12.3 Å². The van der Waals surface area contributed by atoms with Crippen molar-refractivity contribution in [3.05, 3.63) is 61.7 Å². The van der Waals surface area contributed by atoms with Gasteiger partial charge in [-0.2, -0.15) is 0 Å². The van der Waals surface area contributed by atoms with E-state index < -0.39 is 4.92 Å². The molecule has 5 nitrogen and oxygen atoms in total. The molecule has 2 rings (SSSR count). The van der Waals surface area contributed by atoms with Crippen molar-refractivity contribution in [3.8, 4) is 0 Å². The van der Waals surface area contributed by atoms with E-state index in [1.807, 2.05) is 24.3 Å². The molecule has 7 heteroatoms. The molecule has 0 saturated carbocycles. The Balaban J connectivity index is 2.20. The predicted molar refractivity (Wildman–Crippen MR) is 77.4 cm³/mol. The molecule has 19 heavy (non-hydrogen) atoms. The highest BCUT2D eigenvalue weighted by Crippen LogP contribution is 2.26. The molecule has 0 fully saturated rings. The monoisotopic (exact) mass is 341 g/mol. The topological polar surface area (TPSA) is 68.1 Å². The number of nitrogens with zero attached hydrogens (tertiary/aromatic N) is 2. The number of hydrogen-bond donors (Lipinski definition) is 1. The van der Waals surface area contributed by atoms with Gasteiger partial charge in [0.2, 0.25) is 5.82 Å². The number of anilines is 1. The predicted octanol–water partition coefficient (Wildman–Crippen LogP) is 4.02. The zero-order chi connectivity index (χ0) is 13.8. The van der Waals surface area contributed by atoms with E-state index in [1.54, 1.807) is 0 Å². The number of nitrogens with one attached hydrogen (secondary N) is 1. The van der Waals surface area contributed by atoms with E-state index in [0.717, 1.165) is 10.0 Å². The van der Waals surface area contributed by atoms with Gasteiger partial charge in [-0.05, 0) is 11.6 Å². The number of nitro groups is 1. The van der Waals surface area contributed by atoms with E-state index in [9.17, 15) is 10.1 Å². The van der Waals surface area contributed by atoms with Crippen LogP contribution in [0.25, 0.3) is 0 Å². The SMILES string of the molecule is O=[N+]([O-])c1cc(Cl)cnc1NCc1ccccc1Br. The van der Waals surface area contributed by atoms with Crippen molar-refractivity contribution in [1.29, 1.82) is 0 Å². The van der Waals surface area contributed by atoms with Gasteiger partial charge in [0.05, 0.1) is 9.95 Å². The number of hydrogen-bond acceptors (Lipinski definition) is 4. The maximum Gasteiger partial charge on any atom is 0.312 e. The fourth-order valence-corrected chi connectivity index (χ4v) is 2.10. The third-order valence-electron chi connectivity index (χ3n) is 2.44. The summed E-state index contributed by atoms with van der Waals surface area (Å²) in [5.74, 6) is 0.199. The highest BCUT2D eigenvalue weighted by atomic mass is 79.9. The normalized spacial score (nSPS) is 10.2. The van der Waals surface area contributed by atoms with Gasteiger partial charge >= 0.3 is 5.69 Å². The van der Waals surface area contributed by atoms with Crippen LogP contribution in [0.5, 0.6) is 0 Å². The summed E-state index contributed by atoms with van der Waals surface area (Å²) in [5, 5.41) is 14.1. The Hall–Kier alpha value is -1.66. The first-order valence-corrected chi connectivity index (χ1v) is 6.52. The lowest BCUT2D eigenvalue weighted by molar-refractivity contribution is -0.384. The first kappa shape index (κ1) is 13.8. The van der Waals surface area contributed by atoms with Crippen molar-refractivity contribution in [2.45, 2.75) is 6.54 Å². The molecular formula is C12H9BrClN3O2. The molecule has 0 aliphatic carbocycles. The molecule has 0 amide bonds. The number of benzene rings is 1. The quantitative estimate of drug-likeness (QED) is 0.673. The van der Waals surface area contributed by atoms with Crippen LogP contribution in [0, 0.1) is 10.1 Å². The van der Waals surface area contributed by atoms with Crippen LogP contribution in [-0.2, 0) is 6.54 Å². The van der Waals surface area contributed by atoms with Gasteiger partial charge in [0.25, 0.3) is 0 Å². The van der Waals surface area contributed by atoms with E-state index in [-0.39, 0.29) is 16.5 Å². The molecule has 0 bridgehead atoms. The molecule has 0 radical (unpaired) electrons. The van der Waals surface area contributed by atoms with Crippen LogP contribution >= 0.6 is 27.5 Å². The first-order valence-electron chi connectivity index (χ1n) is 5.35. The van der Waals surface area contributed by atoms with Gasteiger partial charge in [-0.1, -0.05) is 45.7 Å². The molecular weight excluding hydrogens is 334 g/mol. The first-order chi connectivity index (χ1) is 9.08. The van der Waals surface area contributed by atoms with Crippen molar-refractivity contribution in [2.75, 3.05) is 5.32 Å². The third-order valence-corrected chi connectivity index (χ3v) is 3.42. The largest absolute Gasteiger partial charge is 0.360 e. The van der Waals surface area contributed by atoms with E-state index in [0.29, 0.717) is 6.54 Å². The molecule has 1 heterocycles. The molecule has 0 aliphatic rings. The number of rotatable bonds is 4. The lowest BCUT2D eigenvalue weighted by atomic mass is 10.2. The van der Waals surface area contributed by atoms with Gasteiger partial charge in [0, 0.05) is 23.3 Å². The van der Waals surface area contributed by atoms with Gasteiger partial charge in [-0.15, -0.1) is 0 Å². The zero-order valence-electron chi connectivity index (χ0n) is 9.64. The summed E-state index contributed by atoms with van der Waals surface area (Å²) >= 11 is 9.11. The maximum absolute atomic E-state index is 10.9. The zero-order valence-corrected chi connectivity index (χ0v) is 12.0. The second kappa shape index (κ2) is 5.99. The summed E-state index contributed by atoms with van der Waals surface area (Å²) in [5.41, 5.74) is 0.841. The average molecular weight is 343 g/mol. The smallest absolute Gasteiger partial charge is 0.312 e. The van der Waals surface area contributed by atoms with E-state index >= 15 is 0 Å². The molecule has 0 atom stereocenters. The maximum atomic E-state index is 10.9. The van der Waals surface area contributed by atoms with Crippen LogP contribution in [0.2, 0.25) is 5.02 Å². The minimum Gasteiger partial charge on any atom is -0.360 e. The van der Waals surface area contributed by atoms with Crippen LogP contribution in [-0.4, -0.2) is 9.91 Å². The minimum atomic E-state index is -0.513. The number of pyridine rings is 1. The average Bonchev–Trinajstić information content (AvgIpc) is 2.38. The van der Waals surface area contributed by atoms with Gasteiger partial charge in [-0.25, -0.2) is 4.98 Å². The van der Waals surface area contributed by atoms with Crippen molar-refractivity contribution in [1.82, 2.24) is 4.98 Å². The molecule has 0 aliphatic heterocycles. The van der Waals surface area contributed by atoms with Crippen molar-refractivity contribution in [2.24, 2.45) is 0 Å². The lowest BCUT2D eigenvalue weighted by Crippen LogP contribution is -2.05.